The standard InChI is InChI=1S/C18H21NO2/c1-4-12-10-13(5-2)16(14(6-3)11-12)15-8-7-9-19-17(15)18(20)21/h7-11H,4-6H2,1-3H3,(H,20,21). The molecule has 0 fully saturated rings. The molecule has 0 bridgehead atoms. The first-order chi connectivity index (χ1) is 10.1. The van der Waals surface area contributed by atoms with E-state index in [4.69, 9.17) is 0 Å². The maximum absolute atomic E-state index is 11.5. The van der Waals surface area contributed by atoms with Crippen LogP contribution in [0.3, 0.4) is 0 Å². The molecule has 0 atom stereocenters. The first-order valence-electron chi connectivity index (χ1n) is 7.45. The van der Waals surface area contributed by atoms with Crippen molar-refractivity contribution < 1.29 is 9.90 Å². The Morgan fingerprint density at radius 3 is 2.19 bits per heavy atom. The summed E-state index contributed by atoms with van der Waals surface area (Å²) >= 11 is 0. The third kappa shape index (κ3) is 2.97. The van der Waals surface area contributed by atoms with Crippen LogP contribution in [0.4, 0.5) is 0 Å². The molecule has 0 amide bonds. The Balaban J connectivity index is 2.76. The average Bonchev–Trinajstić information content (AvgIpc) is 2.53. The fraction of sp³-hybridized carbons (Fsp3) is 0.333. The van der Waals surface area contributed by atoms with Crippen molar-refractivity contribution >= 4 is 5.97 Å². The molecule has 2 rings (SSSR count). The van der Waals surface area contributed by atoms with Crippen molar-refractivity contribution in [3.05, 3.63) is 52.8 Å². The number of rotatable bonds is 5. The number of aryl methyl sites for hydroxylation is 3. The minimum atomic E-state index is -0.978. The highest BCUT2D eigenvalue weighted by Gasteiger charge is 2.18. The van der Waals surface area contributed by atoms with Crippen LogP contribution >= 0.6 is 0 Å². The summed E-state index contributed by atoms with van der Waals surface area (Å²) in [5, 5.41) is 9.39. The van der Waals surface area contributed by atoms with Gasteiger partial charge in [0.2, 0.25) is 0 Å². The van der Waals surface area contributed by atoms with Crippen LogP contribution in [0.5, 0.6) is 0 Å². The molecule has 0 unspecified atom stereocenters. The zero-order valence-electron chi connectivity index (χ0n) is 12.8. The first-order valence-corrected chi connectivity index (χ1v) is 7.45. The fourth-order valence-corrected chi connectivity index (χ4v) is 2.73. The summed E-state index contributed by atoms with van der Waals surface area (Å²) in [4.78, 5) is 15.5. The minimum Gasteiger partial charge on any atom is -0.476 e. The van der Waals surface area contributed by atoms with Gasteiger partial charge in [0.1, 0.15) is 0 Å². The van der Waals surface area contributed by atoms with Gasteiger partial charge in [-0.2, -0.15) is 0 Å². The second-order valence-electron chi connectivity index (χ2n) is 5.05. The second-order valence-corrected chi connectivity index (χ2v) is 5.05. The quantitative estimate of drug-likeness (QED) is 0.897. The van der Waals surface area contributed by atoms with E-state index in [0.29, 0.717) is 0 Å². The van der Waals surface area contributed by atoms with E-state index in [-0.39, 0.29) is 5.69 Å². The summed E-state index contributed by atoms with van der Waals surface area (Å²) in [6.07, 6.45) is 4.28. The highest BCUT2D eigenvalue weighted by atomic mass is 16.4. The normalized spacial score (nSPS) is 10.6. The number of nitrogens with zero attached hydrogens (tertiary/aromatic N) is 1. The zero-order valence-corrected chi connectivity index (χ0v) is 12.8. The number of benzene rings is 1. The molecule has 3 heteroatoms. The van der Waals surface area contributed by atoms with Gasteiger partial charge in [-0.1, -0.05) is 39.0 Å². The maximum atomic E-state index is 11.5. The average molecular weight is 283 g/mol. The van der Waals surface area contributed by atoms with Crippen LogP contribution < -0.4 is 0 Å². The van der Waals surface area contributed by atoms with E-state index in [0.717, 1.165) is 30.4 Å². The van der Waals surface area contributed by atoms with Crippen LogP contribution in [0, 0.1) is 0 Å². The van der Waals surface area contributed by atoms with Gasteiger partial charge in [-0.15, -0.1) is 0 Å². The van der Waals surface area contributed by atoms with E-state index in [1.807, 2.05) is 6.07 Å². The number of carboxylic acid groups (broad SMARTS) is 1. The molecule has 1 N–H and O–H groups in total. The van der Waals surface area contributed by atoms with E-state index in [9.17, 15) is 9.90 Å². The van der Waals surface area contributed by atoms with Gasteiger partial charge in [-0.25, -0.2) is 9.78 Å². The van der Waals surface area contributed by atoms with Crippen LogP contribution in [-0.4, -0.2) is 16.1 Å². The predicted molar refractivity (Wildman–Crippen MR) is 84.8 cm³/mol. The molecule has 3 nitrogen and oxygen atoms in total. The Hall–Kier alpha value is -2.16. The van der Waals surface area contributed by atoms with Crippen molar-refractivity contribution in [2.24, 2.45) is 0 Å². The van der Waals surface area contributed by atoms with E-state index in [1.165, 1.54) is 22.9 Å². The highest BCUT2D eigenvalue weighted by molar-refractivity contribution is 5.95. The number of carbonyl (C=O) groups is 1. The summed E-state index contributed by atoms with van der Waals surface area (Å²) in [6, 6.07) is 8.03. The topological polar surface area (TPSA) is 50.2 Å². The number of aromatic carboxylic acids is 1. The number of pyridine rings is 1. The number of hydrogen-bond acceptors (Lipinski definition) is 2. The van der Waals surface area contributed by atoms with Crippen molar-refractivity contribution in [3.63, 3.8) is 0 Å². The predicted octanol–water partition coefficient (Wildman–Crippen LogP) is 4.13. The highest BCUT2D eigenvalue weighted by Crippen LogP contribution is 2.32. The molecule has 0 aliphatic carbocycles. The number of carboxylic acids is 1. The summed E-state index contributed by atoms with van der Waals surface area (Å²) < 4.78 is 0. The van der Waals surface area contributed by atoms with E-state index in [2.05, 4.69) is 37.9 Å². The third-order valence-corrected chi connectivity index (χ3v) is 3.81. The van der Waals surface area contributed by atoms with Gasteiger partial charge in [0.15, 0.2) is 5.69 Å². The molecule has 21 heavy (non-hydrogen) atoms. The molecular weight excluding hydrogens is 262 g/mol. The van der Waals surface area contributed by atoms with Crippen LogP contribution in [0.1, 0.15) is 48.0 Å². The van der Waals surface area contributed by atoms with Gasteiger partial charge >= 0.3 is 5.97 Å². The molecule has 0 aliphatic rings. The molecule has 0 radical (unpaired) electrons. The SMILES string of the molecule is CCc1cc(CC)c(-c2cccnc2C(=O)O)c(CC)c1. The molecule has 1 heterocycles. The van der Waals surface area contributed by atoms with Crippen LogP contribution in [0.2, 0.25) is 0 Å². The molecular formula is C18H21NO2. The summed E-state index contributed by atoms with van der Waals surface area (Å²) in [6.45, 7) is 6.35. The van der Waals surface area contributed by atoms with Gasteiger partial charge in [0, 0.05) is 11.8 Å². The molecule has 0 saturated carbocycles. The lowest BCUT2D eigenvalue weighted by atomic mass is 9.88. The lowest BCUT2D eigenvalue weighted by molar-refractivity contribution is 0.0691. The fourth-order valence-electron chi connectivity index (χ4n) is 2.73. The lowest BCUT2D eigenvalue weighted by Gasteiger charge is -2.17. The smallest absolute Gasteiger partial charge is 0.355 e. The second kappa shape index (κ2) is 6.53. The Kier molecular flexibility index (Phi) is 4.73. The van der Waals surface area contributed by atoms with Crippen LogP contribution in [-0.2, 0) is 19.3 Å². The molecule has 2 aromatic rings. The number of aromatic nitrogens is 1. The lowest BCUT2D eigenvalue weighted by Crippen LogP contribution is -2.06. The van der Waals surface area contributed by atoms with Gasteiger partial charge < -0.3 is 5.11 Å². The third-order valence-electron chi connectivity index (χ3n) is 3.81. The van der Waals surface area contributed by atoms with Gasteiger partial charge in [-0.05, 0) is 47.6 Å². The van der Waals surface area contributed by atoms with Gasteiger partial charge in [0.25, 0.3) is 0 Å². The molecule has 1 aromatic carbocycles. The Labute approximate surface area is 125 Å². The summed E-state index contributed by atoms with van der Waals surface area (Å²) in [7, 11) is 0. The van der Waals surface area contributed by atoms with Crippen molar-refractivity contribution in [1.82, 2.24) is 4.98 Å². The molecule has 0 aliphatic heterocycles. The maximum Gasteiger partial charge on any atom is 0.355 e. The van der Waals surface area contributed by atoms with Crippen LogP contribution in [0.25, 0.3) is 11.1 Å². The zero-order chi connectivity index (χ0) is 15.4. The Morgan fingerprint density at radius 2 is 1.71 bits per heavy atom. The molecule has 0 spiro atoms. The van der Waals surface area contributed by atoms with Crippen molar-refractivity contribution in [2.45, 2.75) is 40.0 Å². The van der Waals surface area contributed by atoms with E-state index < -0.39 is 5.97 Å². The minimum absolute atomic E-state index is 0.131. The van der Waals surface area contributed by atoms with E-state index in [1.54, 1.807) is 6.07 Å². The first kappa shape index (κ1) is 15.2. The number of hydrogen-bond donors (Lipinski definition) is 1. The van der Waals surface area contributed by atoms with Gasteiger partial charge in [0.05, 0.1) is 0 Å². The van der Waals surface area contributed by atoms with Crippen molar-refractivity contribution in [2.75, 3.05) is 0 Å². The monoisotopic (exact) mass is 283 g/mol. The van der Waals surface area contributed by atoms with Crippen LogP contribution in [0.15, 0.2) is 30.5 Å². The Morgan fingerprint density at radius 1 is 1.10 bits per heavy atom. The van der Waals surface area contributed by atoms with Crippen molar-refractivity contribution in [1.29, 1.82) is 0 Å². The summed E-state index contributed by atoms with van der Waals surface area (Å²) in [5.74, 6) is -0.978. The van der Waals surface area contributed by atoms with Gasteiger partial charge in [-0.3, -0.25) is 0 Å². The van der Waals surface area contributed by atoms with E-state index >= 15 is 0 Å². The molecule has 110 valence electrons. The summed E-state index contributed by atoms with van der Waals surface area (Å²) in [5.41, 5.74) is 5.59. The molecule has 1 aromatic heterocycles. The Bertz CT molecular complexity index is 637. The molecule has 0 saturated heterocycles. The van der Waals surface area contributed by atoms with Crippen molar-refractivity contribution in [3.8, 4) is 11.1 Å². The largest absolute Gasteiger partial charge is 0.476 e.